The van der Waals surface area contributed by atoms with E-state index in [1.54, 1.807) is 7.11 Å². The van der Waals surface area contributed by atoms with Crippen molar-refractivity contribution < 1.29 is 14.4 Å². The summed E-state index contributed by atoms with van der Waals surface area (Å²) in [7, 11) is 3.86. The first-order valence-corrected chi connectivity index (χ1v) is 10.7. The summed E-state index contributed by atoms with van der Waals surface area (Å²) >= 11 is 5.77. The van der Waals surface area contributed by atoms with Gasteiger partial charge in [0, 0.05) is 18.2 Å². The van der Waals surface area contributed by atoms with E-state index in [0.29, 0.717) is 26.4 Å². The van der Waals surface area contributed by atoms with Gasteiger partial charge in [0.2, 0.25) is 4.77 Å². The molecule has 160 valence electrons. The zero-order chi connectivity index (χ0) is 21.5. The summed E-state index contributed by atoms with van der Waals surface area (Å²) in [6, 6.07) is 16.6. The largest absolute Gasteiger partial charge is 0.494 e. The molecule has 2 aromatic carbocycles. The molecular formula is C23H31N4O2S+. The monoisotopic (exact) mass is 427 g/mol. The van der Waals surface area contributed by atoms with Gasteiger partial charge in [-0.1, -0.05) is 23.8 Å². The van der Waals surface area contributed by atoms with Crippen molar-refractivity contribution >= 4 is 12.2 Å². The van der Waals surface area contributed by atoms with E-state index in [-0.39, 0.29) is 0 Å². The van der Waals surface area contributed by atoms with Crippen LogP contribution in [-0.2, 0) is 24.5 Å². The lowest BCUT2D eigenvalue weighted by Crippen LogP contribution is -3.07. The molecule has 0 aliphatic heterocycles. The van der Waals surface area contributed by atoms with Crippen LogP contribution in [0.1, 0.15) is 18.1 Å². The molecule has 0 amide bonds. The van der Waals surface area contributed by atoms with E-state index in [4.69, 9.17) is 26.8 Å². The number of aromatic nitrogens is 3. The van der Waals surface area contributed by atoms with Crippen LogP contribution in [-0.4, -0.2) is 41.7 Å². The minimum absolute atomic E-state index is 0.591. The fourth-order valence-electron chi connectivity index (χ4n) is 3.46. The highest BCUT2D eigenvalue weighted by Gasteiger charge is 2.15. The molecule has 0 spiro atoms. The molecule has 0 saturated carbocycles. The molecule has 30 heavy (non-hydrogen) atoms. The van der Waals surface area contributed by atoms with Crippen molar-refractivity contribution in [1.82, 2.24) is 14.3 Å². The van der Waals surface area contributed by atoms with Crippen molar-refractivity contribution in [1.29, 1.82) is 0 Å². The highest BCUT2D eigenvalue weighted by Crippen LogP contribution is 2.19. The number of hydrogen-bond donors (Lipinski definition) is 1. The summed E-state index contributed by atoms with van der Waals surface area (Å²) in [5, 5.41) is 4.87. The molecule has 1 heterocycles. The van der Waals surface area contributed by atoms with Crippen molar-refractivity contribution in [2.45, 2.75) is 33.6 Å². The molecule has 6 nitrogen and oxygen atoms in total. The van der Waals surface area contributed by atoms with Crippen LogP contribution in [0.4, 0.5) is 0 Å². The summed E-state index contributed by atoms with van der Waals surface area (Å²) in [5.41, 5.74) is 3.52. The second kappa shape index (κ2) is 10.5. The third-order valence-corrected chi connectivity index (χ3v) is 5.31. The summed E-state index contributed by atoms with van der Waals surface area (Å²) in [4.78, 5) is 1.29. The van der Waals surface area contributed by atoms with Gasteiger partial charge in [0.25, 0.3) is 0 Å². The van der Waals surface area contributed by atoms with Crippen molar-refractivity contribution in [3.8, 4) is 17.1 Å². The highest BCUT2D eigenvalue weighted by atomic mass is 32.1. The van der Waals surface area contributed by atoms with Crippen LogP contribution in [0.15, 0.2) is 48.5 Å². The first-order chi connectivity index (χ1) is 14.5. The van der Waals surface area contributed by atoms with E-state index in [1.165, 1.54) is 16.0 Å². The molecule has 0 saturated heterocycles. The maximum absolute atomic E-state index is 5.77. The summed E-state index contributed by atoms with van der Waals surface area (Å²) in [6.07, 6.45) is 0. The van der Waals surface area contributed by atoms with Gasteiger partial charge in [-0.05, 0) is 56.4 Å². The van der Waals surface area contributed by atoms with Crippen LogP contribution < -0.4 is 9.64 Å². The molecule has 0 aliphatic carbocycles. The van der Waals surface area contributed by atoms with Gasteiger partial charge >= 0.3 is 0 Å². The fourth-order valence-corrected chi connectivity index (χ4v) is 3.74. The van der Waals surface area contributed by atoms with E-state index in [0.717, 1.165) is 28.5 Å². The van der Waals surface area contributed by atoms with E-state index in [9.17, 15) is 0 Å². The molecule has 0 aliphatic rings. The lowest BCUT2D eigenvalue weighted by atomic mass is 10.1. The Bertz CT molecular complexity index is 1010. The molecule has 1 atom stereocenters. The van der Waals surface area contributed by atoms with Gasteiger partial charge in [-0.2, -0.15) is 4.68 Å². The number of hydrogen-bond acceptors (Lipinski definition) is 4. The normalized spacial score (nSPS) is 12.1. The quantitative estimate of drug-likeness (QED) is 0.505. The SMILES string of the molecule is CCOc1ccc(C[NH+](C)Cn2nc(-c3cccc(C)c3)n(CCOC)c2=S)cc1. The fraction of sp³-hybridized carbons (Fsp3) is 0.391. The smallest absolute Gasteiger partial charge is 0.203 e. The Morgan fingerprint density at radius 3 is 2.57 bits per heavy atom. The van der Waals surface area contributed by atoms with Crippen molar-refractivity contribution in [3.63, 3.8) is 0 Å². The number of nitrogens with zero attached hydrogens (tertiary/aromatic N) is 3. The molecule has 0 radical (unpaired) electrons. The maximum Gasteiger partial charge on any atom is 0.203 e. The van der Waals surface area contributed by atoms with Crippen molar-refractivity contribution in [2.75, 3.05) is 27.4 Å². The first kappa shape index (κ1) is 22.2. The number of rotatable bonds is 10. The standard InChI is InChI=1S/C23H30N4O2S/c1-5-29-21-11-9-19(10-12-21)16-25(3)17-27-23(30)26(13-14-28-4)22(24-27)20-8-6-7-18(2)15-20/h6-12,15H,5,13-14,16-17H2,1-4H3/p+1. The predicted molar refractivity (Wildman–Crippen MR) is 121 cm³/mol. The van der Waals surface area contributed by atoms with Gasteiger partial charge in [0.1, 0.15) is 12.3 Å². The number of benzene rings is 2. The Balaban J connectivity index is 1.80. The molecule has 1 unspecified atom stereocenters. The van der Waals surface area contributed by atoms with E-state index >= 15 is 0 Å². The summed E-state index contributed by atoms with van der Waals surface area (Å²) in [6.45, 7) is 7.58. The minimum atomic E-state index is 0.591. The van der Waals surface area contributed by atoms with Crippen LogP contribution in [0, 0.1) is 11.7 Å². The molecule has 1 aromatic heterocycles. The second-order valence-corrected chi connectivity index (χ2v) is 7.85. The minimum Gasteiger partial charge on any atom is -0.494 e. The van der Waals surface area contributed by atoms with E-state index in [2.05, 4.69) is 54.9 Å². The number of aryl methyl sites for hydroxylation is 1. The zero-order valence-electron chi connectivity index (χ0n) is 18.2. The lowest BCUT2D eigenvalue weighted by Gasteiger charge is -2.14. The molecule has 3 rings (SSSR count). The van der Waals surface area contributed by atoms with Crippen LogP contribution >= 0.6 is 12.2 Å². The molecular weight excluding hydrogens is 396 g/mol. The van der Waals surface area contributed by atoms with Gasteiger partial charge in [-0.15, -0.1) is 5.10 Å². The van der Waals surface area contributed by atoms with Crippen molar-refractivity contribution in [3.05, 3.63) is 64.4 Å². The Labute approximate surface area is 183 Å². The number of quaternary nitrogens is 1. The average molecular weight is 428 g/mol. The first-order valence-electron chi connectivity index (χ1n) is 10.3. The Morgan fingerprint density at radius 1 is 1.13 bits per heavy atom. The molecule has 0 bridgehead atoms. The zero-order valence-corrected chi connectivity index (χ0v) is 19.0. The highest BCUT2D eigenvalue weighted by molar-refractivity contribution is 7.71. The molecule has 7 heteroatoms. The van der Waals surface area contributed by atoms with E-state index < -0.39 is 0 Å². The maximum atomic E-state index is 5.77. The van der Waals surface area contributed by atoms with Crippen LogP contribution in [0.2, 0.25) is 0 Å². The number of nitrogens with one attached hydrogen (secondary N) is 1. The lowest BCUT2D eigenvalue weighted by molar-refractivity contribution is -0.917. The van der Waals surface area contributed by atoms with Gasteiger partial charge in [-0.3, -0.25) is 4.57 Å². The summed E-state index contributed by atoms with van der Waals surface area (Å²) in [5.74, 6) is 1.79. The third kappa shape index (κ3) is 5.56. The molecule has 0 fully saturated rings. The van der Waals surface area contributed by atoms with Gasteiger partial charge < -0.3 is 14.4 Å². The number of ether oxygens (including phenoxy) is 2. The predicted octanol–water partition coefficient (Wildman–Crippen LogP) is 3.11. The van der Waals surface area contributed by atoms with Crippen LogP contribution in [0.3, 0.4) is 0 Å². The third-order valence-electron chi connectivity index (χ3n) is 4.88. The Kier molecular flexibility index (Phi) is 7.79. The Hall–Kier alpha value is -2.48. The van der Waals surface area contributed by atoms with E-state index in [1.807, 2.05) is 23.7 Å². The van der Waals surface area contributed by atoms with Crippen LogP contribution in [0.25, 0.3) is 11.4 Å². The number of methoxy groups -OCH3 is 1. The molecule has 3 aromatic rings. The van der Waals surface area contributed by atoms with Crippen molar-refractivity contribution in [2.24, 2.45) is 0 Å². The average Bonchev–Trinajstić information content (AvgIpc) is 3.03. The van der Waals surface area contributed by atoms with Gasteiger partial charge in [0.05, 0.1) is 26.8 Å². The second-order valence-electron chi connectivity index (χ2n) is 7.49. The van der Waals surface area contributed by atoms with Gasteiger partial charge in [0.15, 0.2) is 12.5 Å². The van der Waals surface area contributed by atoms with Gasteiger partial charge in [-0.25, -0.2) is 0 Å². The van der Waals surface area contributed by atoms with Crippen LogP contribution in [0.5, 0.6) is 5.75 Å². The molecule has 1 N–H and O–H groups in total. The summed E-state index contributed by atoms with van der Waals surface area (Å²) < 4.78 is 15.5. The topological polar surface area (TPSA) is 45.7 Å². The Morgan fingerprint density at radius 2 is 1.90 bits per heavy atom.